The summed E-state index contributed by atoms with van der Waals surface area (Å²) in [6.45, 7) is 1.87. The van der Waals surface area contributed by atoms with E-state index in [0.717, 1.165) is 11.3 Å². The molecule has 0 aliphatic carbocycles. The van der Waals surface area contributed by atoms with Gasteiger partial charge < -0.3 is 10.1 Å². The Balaban J connectivity index is 2.05. The van der Waals surface area contributed by atoms with Crippen LogP contribution in [0.2, 0.25) is 5.02 Å². The summed E-state index contributed by atoms with van der Waals surface area (Å²) in [4.78, 5) is 12.1. The maximum Gasteiger partial charge on any atom is 0.257 e. The third-order valence-corrected chi connectivity index (χ3v) is 3.69. The van der Waals surface area contributed by atoms with Crippen molar-refractivity contribution in [3.63, 3.8) is 0 Å². The van der Waals surface area contributed by atoms with Crippen LogP contribution in [0.25, 0.3) is 0 Å². The molecule has 0 radical (unpaired) electrons. The fourth-order valence-corrected chi connectivity index (χ4v) is 2.21. The number of rotatable bonds is 3. The van der Waals surface area contributed by atoms with Gasteiger partial charge in [-0.3, -0.25) is 10.1 Å². The van der Waals surface area contributed by atoms with E-state index in [2.05, 4.69) is 10.6 Å². The second-order valence-electron chi connectivity index (χ2n) is 4.55. The number of ether oxygens (including phenoxy) is 1. The molecule has 0 aliphatic heterocycles. The van der Waals surface area contributed by atoms with Gasteiger partial charge >= 0.3 is 0 Å². The van der Waals surface area contributed by atoms with Crippen LogP contribution in [-0.2, 0) is 0 Å². The molecule has 0 aromatic heterocycles. The molecule has 2 aromatic carbocycles. The molecule has 0 spiro atoms. The van der Waals surface area contributed by atoms with Gasteiger partial charge in [0.25, 0.3) is 5.91 Å². The van der Waals surface area contributed by atoms with E-state index in [0.29, 0.717) is 16.3 Å². The number of amides is 1. The molecule has 2 aromatic rings. The van der Waals surface area contributed by atoms with E-state index < -0.39 is 0 Å². The molecule has 6 heteroatoms. The van der Waals surface area contributed by atoms with Crippen molar-refractivity contribution in [2.75, 3.05) is 12.4 Å². The summed E-state index contributed by atoms with van der Waals surface area (Å²) in [5.41, 5.74) is 2.08. The Morgan fingerprint density at radius 2 is 1.95 bits per heavy atom. The molecule has 0 heterocycles. The van der Waals surface area contributed by atoms with Gasteiger partial charge in [0.15, 0.2) is 5.11 Å². The van der Waals surface area contributed by atoms with E-state index in [9.17, 15) is 4.79 Å². The molecule has 22 heavy (non-hydrogen) atoms. The van der Waals surface area contributed by atoms with Gasteiger partial charge in [0, 0.05) is 16.3 Å². The molecule has 1 amide bonds. The van der Waals surface area contributed by atoms with Crippen molar-refractivity contribution in [1.29, 1.82) is 0 Å². The van der Waals surface area contributed by atoms with Gasteiger partial charge in [-0.15, -0.1) is 0 Å². The standard InChI is InChI=1S/C16H15ClN2O2S/c1-10-13(17)7-4-8-14(10)18-16(22)19-15(20)11-5-3-6-12(9-11)21-2/h3-9H,1-2H3,(H2,18,19,20,22). The van der Waals surface area contributed by atoms with Crippen LogP contribution < -0.4 is 15.4 Å². The normalized spacial score (nSPS) is 9.95. The molecule has 0 bridgehead atoms. The van der Waals surface area contributed by atoms with Crippen LogP contribution in [0.15, 0.2) is 42.5 Å². The number of benzene rings is 2. The first-order valence-electron chi connectivity index (χ1n) is 6.52. The van der Waals surface area contributed by atoms with Crippen molar-refractivity contribution in [3.8, 4) is 5.75 Å². The number of hydrogen-bond acceptors (Lipinski definition) is 3. The summed E-state index contributed by atoms with van der Waals surface area (Å²) < 4.78 is 5.09. The molecule has 2 rings (SSSR count). The minimum absolute atomic E-state index is 0.207. The van der Waals surface area contributed by atoms with Crippen LogP contribution in [0, 0.1) is 6.92 Å². The quantitative estimate of drug-likeness (QED) is 0.839. The summed E-state index contributed by atoms with van der Waals surface area (Å²) in [6, 6.07) is 12.3. The highest BCUT2D eigenvalue weighted by Crippen LogP contribution is 2.22. The molecular formula is C16H15ClN2O2S. The van der Waals surface area contributed by atoms with Gasteiger partial charge in [0.1, 0.15) is 5.75 Å². The predicted molar refractivity (Wildman–Crippen MR) is 92.9 cm³/mol. The van der Waals surface area contributed by atoms with Crippen LogP contribution in [0.4, 0.5) is 5.69 Å². The van der Waals surface area contributed by atoms with E-state index >= 15 is 0 Å². The Kier molecular flexibility index (Phi) is 5.35. The largest absolute Gasteiger partial charge is 0.497 e. The predicted octanol–water partition coefficient (Wildman–Crippen LogP) is 3.78. The lowest BCUT2D eigenvalue weighted by molar-refractivity contribution is 0.0977. The summed E-state index contributed by atoms with van der Waals surface area (Å²) in [5, 5.41) is 6.43. The zero-order chi connectivity index (χ0) is 16.1. The number of methoxy groups -OCH3 is 1. The van der Waals surface area contributed by atoms with E-state index in [1.807, 2.05) is 19.1 Å². The third kappa shape index (κ3) is 3.96. The van der Waals surface area contributed by atoms with Gasteiger partial charge in [-0.05, 0) is 55.0 Å². The van der Waals surface area contributed by atoms with Crippen LogP contribution >= 0.6 is 23.8 Å². The molecular weight excluding hydrogens is 320 g/mol. The first kappa shape index (κ1) is 16.3. The third-order valence-electron chi connectivity index (χ3n) is 3.07. The molecule has 4 nitrogen and oxygen atoms in total. The highest BCUT2D eigenvalue weighted by molar-refractivity contribution is 7.80. The smallest absolute Gasteiger partial charge is 0.257 e. The number of hydrogen-bond donors (Lipinski definition) is 2. The Bertz CT molecular complexity index is 719. The Morgan fingerprint density at radius 1 is 1.23 bits per heavy atom. The lowest BCUT2D eigenvalue weighted by Gasteiger charge is -2.12. The van der Waals surface area contributed by atoms with Crippen LogP contribution in [0.1, 0.15) is 15.9 Å². The fourth-order valence-electron chi connectivity index (χ4n) is 1.84. The Hall–Kier alpha value is -2.11. The van der Waals surface area contributed by atoms with Crippen LogP contribution in [0.5, 0.6) is 5.75 Å². The van der Waals surface area contributed by atoms with E-state index in [4.69, 9.17) is 28.6 Å². The molecule has 0 fully saturated rings. The average Bonchev–Trinajstić information content (AvgIpc) is 2.51. The number of thiocarbonyl (C=S) groups is 1. The van der Waals surface area contributed by atoms with Gasteiger partial charge in [-0.25, -0.2) is 0 Å². The van der Waals surface area contributed by atoms with Gasteiger partial charge in [-0.2, -0.15) is 0 Å². The molecule has 0 saturated heterocycles. The number of anilines is 1. The fraction of sp³-hybridized carbons (Fsp3) is 0.125. The van der Waals surface area contributed by atoms with E-state index in [-0.39, 0.29) is 11.0 Å². The summed E-state index contributed by atoms with van der Waals surface area (Å²) in [5.74, 6) is 0.299. The van der Waals surface area contributed by atoms with Crippen LogP contribution in [0.3, 0.4) is 0 Å². The highest BCUT2D eigenvalue weighted by Gasteiger charge is 2.10. The van der Waals surface area contributed by atoms with Gasteiger partial charge in [-0.1, -0.05) is 23.7 Å². The summed E-state index contributed by atoms with van der Waals surface area (Å²) in [6.07, 6.45) is 0. The first-order chi connectivity index (χ1) is 10.5. The van der Waals surface area contributed by atoms with Crippen LogP contribution in [-0.4, -0.2) is 18.1 Å². The second kappa shape index (κ2) is 7.24. The molecule has 0 aliphatic rings. The second-order valence-corrected chi connectivity index (χ2v) is 5.37. The van der Waals surface area contributed by atoms with Crippen molar-refractivity contribution in [1.82, 2.24) is 5.32 Å². The van der Waals surface area contributed by atoms with Crippen molar-refractivity contribution >= 4 is 40.5 Å². The number of carbonyl (C=O) groups excluding carboxylic acids is 1. The van der Waals surface area contributed by atoms with E-state index in [1.54, 1.807) is 37.4 Å². The first-order valence-corrected chi connectivity index (χ1v) is 7.31. The van der Waals surface area contributed by atoms with Crippen molar-refractivity contribution in [2.45, 2.75) is 6.92 Å². The minimum Gasteiger partial charge on any atom is -0.497 e. The molecule has 0 atom stereocenters. The van der Waals surface area contributed by atoms with Gasteiger partial charge in [0.05, 0.1) is 7.11 Å². The lowest BCUT2D eigenvalue weighted by Crippen LogP contribution is -2.34. The number of carbonyl (C=O) groups is 1. The summed E-state index contributed by atoms with van der Waals surface area (Å²) >= 11 is 11.2. The summed E-state index contributed by atoms with van der Waals surface area (Å²) in [7, 11) is 1.55. The average molecular weight is 335 g/mol. The van der Waals surface area contributed by atoms with Crippen molar-refractivity contribution in [3.05, 3.63) is 58.6 Å². The maximum atomic E-state index is 12.1. The molecule has 0 saturated carbocycles. The monoisotopic (exact) mass is 334 g/mol. The molecule has 2 N–H and O–H groups in total. The zero-order valence-electron chi connectivity index (χ0n) is 12.1. The lowest BCUT2D eigenvalue weighted by atomic mass is 10.2. The SMILES string of the molecule is COc1cccc(C(=O)NC(=S)Nc2cccc(Cl)c2C)c1. The molecule has 0 unspecified atom stereocenters. The zero-order valence-corrected chi connectivity index (χ0v) is 13.7. The highest BCUT2D eigenvalue weighted by atomic mass is 35.5. The van der Waals surface area contributed by atoms with Gasteiger partial charge in [0.2, 0.25) is 0 Å². The number of nitrogens with one attached hydrogen (secondary N) is 2. The topological polar surface area (TPSA) is 50.4 Å². The minimum atomic E-state index is -0.309. The molecule has 114 valence electrons. The van der Waals surface area contributed by atoms with E-state index in [1.165, 1.54) is 0 Å². The Labute approximate surface area is 139 Å². The van der Waals surface area contributed by atoms with Crippen molar-refractivity contribution in [2.24, 2.45) is 0 Å². The maximum absolute atomic E-state index is 12.1. The number of halogens is 1. The van der Waals surface area contributed by atoms with Crippen molar-refractivity contribution < 1.29 is 9.53 Å². The Morgan fingerprint density at radius 3 is 2.68 bits per heavy atom.